The van der Waals surface area contributed by atoms with E-state index in [1.807, 2.05) is 24.3 Å². The predicted octanol–water partition coefficient (Wildman–Crippen LogP) is 2.44. The summed E-state index contributed by atoms with van der Waals surface area (Å²) in [7, 11) is 3.40. The maximum absolute atomic E-state index is 12.7. The van der Waals surface area contributed by atoms with Crippen molar-refractivity contribution in [3.8, 4) is 11.5 Å². The van der Waals surface area contributed by atoms with E-state index < -0.39 is 11.9 Å². The molecule has 12 nitrogen and oxygen atoms in total. The summed E-state index contributed by atoms with van der Waals surface area (Å²) in [4.78, 5) is 39.8. The molecule has 12 heteroatoms. The van der Waals surface area contributed by atoms with E-state index in [0.29, 0.717) is 35.1 Å². The van der Waals surface area contributed by atoms with Gasteiger partial charge in [-0.05, 0) is 31.9 Å². The lowest BCUT2D eigenvalue weighted by molar-refractivity contribution is -0.134. The minimum absolute atomic E-state index is 0.0726. The van der Waals surface area contributed by atoms with Gasteiger partial charge in [0.1, 0.15) is 6.10 Å². The second kappa shape index (κ2) is 13.8. The number of carbonyl (C=O) groups is 3. The van der Waals surface area contributed by atoms with E-state index in [-0.39, 0.29) is 12.2 Å². The summed E-state index contributed by atoms with van der Waals surface area (Å²) in [5, 5.41) is 19.5. The maximum atomic E-state index is 12.7. The van der Waals surface area contributed by atoms with Crippen LogP contribution in [-0.2, 0) is 19.1 Å². The van der Waals surface area contributed by atoms with Gasteiger partial charge in [-0.25, -0.2) is 14.4 Å². The van der Waals surface area contributed by atoms with Crippen LogP contribution in [0.3, 0.4) is 0 Å². The Morgan fingerprint density at radius 1 is 1.17 bits per heavy atom. The molecule has 1 aromatic heterocycles. The van der Waals surface area contributed by atoms with Crippen LogP contribution in [0.25, 0.3) is 11.5 Å². The first-order valence-electron chi connectivity index (χ1n) is 10.9. The molecule has 2 N–H and O–H groups in total. The lowest BCUT2D eigenvalue weighted by atomic mass is 10.1. The topological polar surface area (TPSA) is 156 Å². The maximum Gasteiger partial charge on any atom is 0.414 e. The van der Waals surface area contributed by atoms with Crippen LogP contribution in [0.4, 0.5) is 10.5 Å². The number of aromatic nitrogens is 2. The normalized spacial score (nSPS) is 14.3. The number of carboxylic acids is 2. The van der Waals surface area contributed by atoms with Crippen molar-refractivity contribution in [3.05, 3.63) is 42.2 Å². The number of methoxy groups -OCH3 is 1. The van der Waals surface area contributed by atoms with Gasteiger partial charge in [-0.15, -0.1) is 0 Å². The van der Waals surface area contributed by atoms with Crippen molar-refractivity contribution in [1.29, 1.82) is 0 Å². The van der Waals surface area contributed by atoms with Gasteiger partial charge in [-0.2, -0.15) is 4.98 Å². The summed E-state index contributed by atoms with van der Waals surface area (Å²) in [6.45, 7) is 5.20. The smallest absolute Gasteiger partial charge is 0.414 e. The van der Waals surface area contributed by atoms with Gasteiger partial charge in [0, 0.05) is 45.9 Å². The summed E-state index contributed by atoms with van der Waals surface area (Å²) >= 11 is 0. The van der Waals surface area contributed by atoms with Crippen LogP contribution in [0.15, 0.2) is 40.9 Å². The number of carbonyl (C=O) groups excluding carboxylic acids is 1. The molecule has 0 radical (unpaired) electrons. The first-order chi connectivity index (χ1) is 16.7. The van der Waals surface area contributed by atoms with Crippen molar-refractivity contribution in [2.75, 3.05) is 45.3 Å². The highest BCUT2D eigenvalue weighted by Gasteiger charge is 2.25. The molecule has 0 atom stereocenters. The zero-order chi connectivity index (χ0) is 25.8. The molecular weight excluding hydrogens is 460 g/mol. The fourth-order valence-electron chi connectivity index (χ4n) is 3.29. The van der Waals surface area contributed by atoms with Crippen molar-refractivity contribution in [2.24, 2.45) is 0 Å². The van der Waals surface area contributed by atoms with E-state index in [9.17, 15) is 14.4 Å². The van der Waals surface area contributed by atoms with Gasteiger partial charge in [0.25, 0.3) is 5.89 Å². The average molecular weight is 491 g/mol. The van der Waals surface area contributed by atoms with Crippen LogP contribution in [0.5, 0.6) is 0 Å². The second-order valence-corrected chi connectivity index (χ2v) is 7.65. The van der Waals surface area contributed by atoms with Crippen LogP contribution >= 0.6 is 0 Å². The predicted molar refractivity (Wildman–Crippen MR) is 125 cm³/mol. The van der Waals surface area contributed by atoms with Crippen LogP contribution in [0, 0.1) is 6.92 Å². The van der Waals surface area contributed by atoms with E-state index in [0.717, 1.165) is 39.1 Å². The largest absolute Gasteiger partial charge is 0.478 e. The number of carboxylic acid groups (broad SMARTS) is 2. The molecule has 35 heavy (non-hydrogen) atoms. The molecule has 0 spiro atoms. The minimum Gasteiger partial charge on any atom is -0.478 e. The number of hydrogen-bond donors (Lipinski definition) is 2. The molecule has 3 rings (SSSR count). The van der Waals surface area contributed by atoms with Crippen LogP contribution < -0.4 is 4.90 Å². The number of para-hydroxylation sites is 1. The third-order valence-corrected chi connectivity index (χ3v) is 5.08. The van der Waals surface area contributed by atoms with Crippen molar-refractivity contribution in [3.63, 3.8) is 0 Å². The third-order valence-electron chi connectivity index (χ3n) is 5.08. The number of hydrogen-bond acceptors (Lipinski definition) is 9. The van der Waals surface area contributed by atoms with E-state index >= 15 is 0 Å². The number of nitrogens with zero attached hydrogens (tertiary/aromatic N) is 4. The Labute approximate surface area is 202 Å². The monoisotopic (exact) mass is 490 g/mol. The number of likely N-dealkylation sites (tertiary alicyclic amines) is 1. The molecule has 0 unspecified atom stereocenters. The van der Waals surface area contributed by atoms with E-state index in [2.05, 4.69) is 15.0 Å². The Hall–Kier alpha value is -3.77. The second-order valence-electron chi connectivity index (χ2n) is 7.65. The zero-order valence-corrected chi connectivity index (χ0v) is 19.9. The number of piperidine rings is 1. The molecule has 1 aromatic carbocycles. The quantitative estimate of drug-likeness (QED) is 0.524. The first kappa shape index (κ1) is 27.5. The molecule has 1 saturated heterocycles. The summed E-state index contributed by atoms with van der Waals surface area (Å²) in [6, 6.07) is 7.41. The molecule has 0 saturated carbocycles. The molecule has 1 aliphatic rings. The molecule has 0 aliphatic carbocycles. The lowest BCUT2D eigenvalue weighted by Gasteiger charge is -2.32. The van der Waals surface area contributed by atoms with Gasteiger partial charge in [-0.1, -0.05) is 17.3 Å². The minimum atomic E-state index is -1.26. The fourth-order valence-corrected chi connectivity index (χ4v) is 3.29. The number of rotatable bonds is 8. The summed E-state index contributed by atoms with van der Waals surface area (Å²) in [6.07, 6.45) is 2.32. The highest BCUT2D eigenvalue weighted by Crippen LogP contribution is 2.29. The molecule has 2 aromatic rings. The van der Waals surface area contributed by atoms with E-state index in [1.54, 1.807) is 21.1 Å². The Morgan fingerprint density at radius 3 is 2.34 bits per heavy atom. The fraction of sp³-hybridized carbons (Fsp3) is 0.435. The third kappa shape index (κ3) is 9.18. The van der Waals surface area contributed by atoms with Crippen LogP contribution in [-0.4, -0.2) is 89.8 Å². The van der Waals surface area contributed by atoms with Gasteiger partial charge in [0.05, 0.1) is 17.9 Å². The molecule has 0 bridgehead atoms. The number of anilines is 1. The highest BCUT2D eigenvalue weighted by atomic mass is 16.6. The van der Waals surface area contributed by atoms with Gasteiger partial charge in [-0.3, -0.25) is 4.90 Å². The summed E-state index contributed by atoms with van der Waals surface area (Å²) < 4.78 is 16.1. The first-order valence-corrected chi connectivity index (χ1v) is 10.9. The molecular formula is C23H30N4O8. The number of amides is 1. The van der Waals surface area contributed by atoms with Crippen molar-refractivity contribution >= 4 is 23.7 Å². The molecule has 1 amide bonds. The van der Waals surface area contributed by atoms with Gasteiger partial charge in [0.15, 0.2) is 5.82 Å². The number of aliphatic carboxylic acids is 2. The standard InChI is InChI=1S/C19H26N4O4.C4H4O4/c1-14-20-18(27-21-14)16-6-4-5-7-17(16)22(2)19(24)26-15-8-10-23(11-9-15)12-13-25-3;5-3(6)1-2-4(7)8/h4-7,15H,8-13H2,1-3H3;1-2H,(H,5,6)(H,7,8). The Morgan fingerprint density at radius 2 is 1.80 bits per heavy atom. The van der Waals surface area contributed by atoms with E-state index in [1.165, 1.54) is 4.90 Å². The summed E-state index contributed by atoms with van der Waals surface area (Å²) in [5.41, 5.74) is 1.37. The Kier molecular flexibility index (Phi) is 10.8. The number of ether oxygens (including phenoxy) is 2. The van der Waals surface area contributed by atoms with Gasteiger partial charge >= 0.3 is 18.0 Å². The SMILES string of the molecule is COCCN1CCC(OC(=O)N(C)c2ccccc2-c2nc(C)no2)CC1.O=C(O)C=CC(=O)O. The molecule has 1 aliphatic heterocycles. The average Bonchev–Trinajstić information content (AvgIpc) is 3.28. The lowest BCUT2D eigenvalue weighted by Crippen LogP contribution is -2.41. The van der Waals surface area contributed by atoms with E-state index in [4.69, 9.17) is 24.2 Å². The molecule has 2 heterocycles. The molecule has 1 fully saturated rings. The van der Waals surface area contributed by atoms with Crippen molar-refractivity contribution in [2.45, 2.75) is 25.9 Å². The molecule has 190 valence electrons. The van der Waals surface area contributed by atoms with Crippen molar-refractivity contribution in [1.82, 2.24) is 15.0 Å². The Balaban J connectivity index is 0.000000466. The number of benzene rings is 1. The zero-order valence-electron chi connectivity index (χ0n) is 19.9. The van der Waals surface area contributed by atoms with Crippen LogP contribution in [0.1, 0.15) is 18.7 Å². The van der Waals surface area contributed by atoms with Crippen LogP contribution in [0.2, 0.25) is 0 Å². The van der Waals surface area contributed by atoms with Gasteiger partial charge in [0.2, 0.25) is 0 Å². The van der Waals surface area contributed by atoms with Gasteiger partial charge < -0.3 is 29.1 Å². The van der Waals surface area contributed by atoms with Crippen molar-refractivity contribution < 1.29 is 38.6 Å². The number of aryl methyl sites for hydroxylation is 1. The Bertz CT molecular complexity index is 998. The summed E-state index contributed by atoms with van der Waals surface area (Å²) in [5.74, 6) is -1.58. The highest BCUT2D eigenvalue weighted by molar-refractivity contribution is 5.92.